The third-order valence-corrected chi connectivity index (χ3v) is 5.65. The fourth-order valence-corrected chi connectivity index (χ4v) is 5.14. The van der Waals surface area contributed by atoms with E-state index in [1.807, 2.05) is 0 Å². The molecule has 3 aliphatic carbocycles. The van der Waals surface area contributed by atoms with Crippen LogP contribution in [0.2, 0.25) is 0 Å². The molecule has 0 heterocycles. The van der Waals surface area contributed by atoms with Crippen molar-refractivity contribution in [3.05, 3.63) is 0 Å². The van der Waals surface area contributed by atoms with Crippen LogP contribution in [-0.4, -0.2) is 12.1 Å². The van der Waals surface area contributed by atoms with Gasteiger partial charge in [0.05, 0.1) is 0 Å². The van der Waals surface area contributed by atoms with Crippen LogP contribution in [0.25, 0.3) is 0 Å². The number of rotatable bonds is 4. The maximum absolute atomic E-state index is 3.92. The highest BCUT2D eigenvalue weighted by Gasteiger charge is 2.53. The number of hydrogen-bond acceptors (Lipinski definition) is 1. The first-order chi connectivity index (χ1) is 7.79. The molecule has 0 aromatic rings. The van der Waals surface area contributed by atoms with E-state index < -0.39 is 0 Å². The van der Waals surface area contributed by atoms with Crippen LogP contribution in [0.4, 0.5) is 0 Å². The molecule has 3 aliphatic rings. The normalized spacial score (nSPS) is 47.2. The van der Waals surface area contributed by atoms with Crippen LogP contribution in [-0.2, 0) is 0 Å². The number of fused-ring (bicyclic) bond motifs is 5. The Balaban J connectivity index is 1.59. The van der Waals surface area contributed by atoms with E-state index in [2.05, 4.69) is 19.2 Å². The lowest BCUT2D eigenvalue weighted by Gasteiger charge is -2.34. The average Bonchev–Trinajstić information content (AvgIpc) is 2.86. The van der Waals surface area contributed by atoms with Crippen molar-refractivity contribution in [1.29, 1.82) is 0 Å². The van der Waals surface area contributed by atoms with Gasteiger partial charge in [-0.25, -0.2) is 0 Å². The second-order valence-electron chi connectivity index (χ2n) is 6.62. The van der Waals surface area contributed by atoms with Crippen LogP contribution in [0.5, 0.6) is 0 Å². The Morgan fingerprint density at radius 1 is 1.12 bits per heavy atom. The number of nitrogens with one attached hydrogen (secondary N) is 1. The molecule has 1 nitrogen and oxygen atoms in total. The molecule has 3 saturated carbocycles. The molecule has 2 bridgehead atoms. The van der Waals surface area contributed by atoms with E-state index in [1.165, 1.54) is 25.7 Å². The Labute approximate surface area is 100 Å². The van der Waals surface area contributed by atoms with Gasteiger partial charge in [-0.2, -0.15) is 0 Å². The maximum Gasteiger partial charge on any atom is 0.0103 e. The van der Waals surface area contributed by atoms with Crippen molar-refractivity contribution in [2.45, 2.75) is 70.9 Å². The summed E-state index contributed by atoms with van der Waals surface area (Å²) in [6.45, 7) is 4.67. The molecule has 1 heteroatoms. The van der Waals surface area contributed by atoms with Crippen molar-refractivity contribution in [2.75, 3.05) is 0 Å². The second kappa shape index (κ2) is 4.33. The molecule has 0 radical (unpaired) electrons. The predicted octanol–water partition coefficient (Wildman–Crippen LogP) is 3.59. The fourth-order valence-electron chi connectivity index (χ4n) is 5.14. The van der Waals surface area contributed by atoms with E-state index in [4.69, 9.17) is 0 Å². The Bertz CT molecular complexity index is 250. The maximum atomic E-state index is 3.92. The van der Waals surface area contributed by atoms with Crippen LogP contribution >= 0.6 is 0 Å². The van der Waals surface area contributed by atoms with E-state index in [9.17, 15) is 0 Å². The first-order valence-corrected chi connectivity index (χ1v) is 7.55. The van der Waals surface area contributed by atoms with E-state index in [1.54, 1.807) is 19.3 Å². The van der Waals surface area contributed by atoms with Gasteiger partial charge in [0, 0.05) is 12.1 Å². The third-order valence-electron chi connectivity index (χ3n) is 5.65. The monoisotopic (exact) mass is 221 g/mol. The molecule has 16 heavy (non-hydrogen) atoms. The highest BCUT2D eigenvalue weighted by Crippen LogP contribution is 2.58. The van der Waals surface area contributed by atoms with Crippen LogP contribution in [0.1, 0.15) is 58.8 Å². The molecule has 0 aromatic heterocycles. The molecule has 6 unspecified atom stereocenters. The third kappa shape index (κ3) is 1.72. The van der Waals surface area contributed by atoms with E-state index >= 15 is 0 Å². The Hall–Kier alpha value is -0.0400. The SMILES string of the molecule is CCCC(C)NC1CC2CC1C1CCCC21. The van der Waals surface area contributed by atoms with E-state index in [-0.39, 0.29) is 0 Å². The molecule has 0 spiro atoms. The van der Waals surface area contributed by atoms with Crippen LogP contribution in [0.15, 0.2) is 0 Å². The standard InChI is InChI=1S/C15H27N/c1-3-5-10(2)16-15-9-11-8-14(15)13-7-4-6-12(11)13/h10-16H,3-9H2,1-2H3. The summed E-state index contributed by atoms with van der Waals surface area (Å²) in [7, 11) is 0. The molecule has 0 amide bonds. The second-order valence-corrected chi connectivity index (χ2v) is 6.62. The molecule has 3 fully saturated rings. The predicted molar refractivity (Wildman–Crippen MR) is 68.3 cm³/mol. The highest BCUT2D eigenvalue weighted by molar-refractivity contribution is 5.05. The summed E-state index contributed by atoms with van der Waals surface area (Å²) in [4.78, 5) is 0. The topological polar surface area (TPSA) is 12.0 Å². The zero-order chi connectivity index (χ0) is 11.1. The Morgan fingerprint density at radius 2 is 1.94 bits per heavy atom. The first kappa shape index (κ1) is 11.1. The lowest BCUT2D eigenvalue weighted by molar-refractivity contribution is 0.198. The van der Waals surface area contributed by atoms with Crippen molar-refractivity contribution in [1.82, 2.24) is 5.32 Å². The summed E-state index contributed by atoms with van der Waals surface area (Å²) in [6, 6.07) is 1.63. The van der Waals surface area contributed by atoms with Gasteiger partial charge in [-0.1, -0.05) is 19.8 Å². The summed E-state index contributed by atoms with van der Waals surface area (Å²) in [5, 5.41) is 3.92. The van der Waals surface area contributed by atoms with E-state index in [0.29, 0.717) is 0 Å². The summed E-state index contributed by atoms with van der Waals surface area (Å²) in [5.41, 5.74) is 0. The smallest absolute Gasteiger partial charge is 0.0103 e. The van der Waals surface area contributed by atoms with Gasteiger partial charge in [0.2, 0.25) is 0 Å². The molecule has 1 N–H and O–H groups in total. The molecule has 3 rings (SSSR count). The van der Waals surface area contributed by atoms with Gasteiger partial charge in [0.15, 0.2) is 0 Å². The first-order valence-electron chi connectivity index (χ1n) is 7.55. The molecular formula is C15H27N. The summed E-state index contributed by atoms with van der Waals surface area (Å²) in [5.74, 6) is 4.41. The molecular weight excluding hydrogens is 194 g/mol. The summed E-state index contributed by atoms with van der Waals surface area (Å²) < 4.78 is 0. The van der Waals surface area contributed by atoms with Gasteiger partial charge in [0.1, 0.15) is 0 Å². The minimum absolute atomic E-state index is 0.745. The fraction of sp³-hybridized carbons (Fsp3) is 1.00. The van der Waals surface area contributed by atoms with Crippen molar-refractivity contribution in [3.8, 4) is 0 Å². The van der Waals surface area contributed by atoms with Gasteiger partial charge < -0.3 is 5.32 Å². The molecule has 6 atom stereocenters. The Kier molecular flexibility index (Phi) is 2.99. The van der Waals surface area contributed by atoms with Gasteiger partial charge in [-0.05, 0) is 62.7 Å². The molecule has 0 aliphatic heterocycles. The molecule has 0 aromatic carbocycles. The number of hydrogen-bond donors (Lipinski definition) is 1. The largest absolute Gasteiger partial charge is 0.311 e. The minimum Gasteiger partial charge on any atom is -0.311 e. The van der Waals surface area contributed by atoms with Crippen LogP contribution in [0, 0.1) is 23.7 Å². The van der Waals surface area contributed by atoms with Crippen molar-refractivity contribution < 1.29 is 0 Å². The van der Waals surface area contributed by atoms with Crippen LogP contribution in [0.3, 0.4) is 0 Å². The summed E-state index contributed by atoms with van der Waals surface area (Å²) >= 11 is 0. The lowest BCUT2D eigenvalue weighted by Crippen LogP contribution is -2.43. The Morgan fingerprint density at radius 3 is 2.75 bits per heavy atom. The van der Waals surface area contributed by atoms with Crippen molar-refractivity contribution in [2.24, 2.45) is 23.7 Å². The van der Waals surface area contributed by atoms with E-state index in [0.717, 1.165) is 35.8 Å². The zero-order valence-electron chi connectivity index (χ0n) is 10.9. The lowest BCUT2D eigenvalue weighted by atomic mass is 9.79. The quantitative estimate of drug-likeness (QED) is 0.765. The zero-order valence-corrected chi connectivity index (χ0v) is 10.9. The van der Waals surface area contributed by atoms with Crippen LogP contribution < -0.4 is 5.32 Å². The van der Waals surface area contributed by atoms with Crippen molar-refractivity contribution >= 4 is 0 Å². The highest BCUT2D eigenvalue weighted by atomic mass is 15.0. The van der Waals surface area contributed by atoms with Gasteiger partial charge in [0.25, 0.3) is 0 Å². The van der Waals surface area contributed by atoms with Gasteiger partial charge in [-0.3, -0.25) is 0 Å². The summed E-state index contributed by atoms with van der Waals surface area (Å²) in [6.07, 6.45) is 10.4. The van der Waals surface area contributed by atoms with Gasteiger partial charge >= 0.3 is 0 Å². The molecule has 92 valence electrons. The van der Waals surface area contributed by atoms with Crippen molar-refractivity contribution in [3.63, 3.8) is 0 Å². The average molecular weight is 221 g/mol. The molecule has 0 saturated heterocycles. The van der Waals surface area contributed by atoms with Gasteiger partial charge in [-0.15, -0.1) is 0 Å². The minimum atomic E-state index is 0.745.